The number of hydrogen-bond donors (Lipinski definition) is 0. The van der Waals surface area contributed by atoms with Crippen molar-refractivity contribution in [3.8, 4) is 0 Å². The Morgan fingerprint density at radius 1 is 0.400 bits per heavy atom. The van der Waals surface area contributed by atoms with Crippen LogP contribution in [0.15, 0.2) is 24.3 Å². The van der Waals surface area contributed by atoms with Crippen LogP contribution < -0.4 is 0 Å². The fourth-order valence-corrected chi connectivity index (χ4v) is 8.13. The van der Waals surface area contributed by atoms with E-state index >= 15 is 0 Å². The number of hydrogen-bond acceptors (Lipinski definition) is 24. The maximum atomic E-state index is 12.9. The highest BCUT2D eigenvalue weighted by Crippen LogP contribution is 2.39. The van der Waals surface area contributed by atoms with Gasteiger partial charge in [0.05, 0.1) is 61.9 Å². The van der Waals surface area contributed by atoms with Gasteiger partial charge in [0.15, 0.2) is 0 Å². The van der Waals surface area contributed by atoms with Crippen LogP contribution in [0, 0.1) is 35.5 Å². The molecule has 0 aromatic heterocycles. The second-order valence-electron chi connectivity index (χ2n) is 17.1. The molecule has 2 aliphatic carbocycles. The van der Waals surface area contributed by atoms with E-state index in [0.717, 1.165) is 0 Å². The van der Waals surface area contributed by atoms with Crippen LogP contribution in [0.5, 0.6) is 0 Å². The molecule has 2 saturated carbocycles. The first-order chi connectivity index (χ1) is 33.3. The second-order valence-corrected chi connectivity index (χ2v) is 17.1. The fourth-order valence-electron chi connectivity index (χ4n) is 8.13. The third-order valence-corrected chi connectivity index (χ3v) is 12.0. The summed E-state index contributed by atoms with van der Waals surface area (Å²) in [7, 11) is 0. The Bertz CT molecular complexity index is 2070. The number of carbonyl (C=O) groups excluding carboxylic acids is 12. The summed E-state index contributed by atoms with van der Waals surface area (Å²) >= 11 is 0. The van der Waals surface area contributed by atoms with E-state index in [9.17, 15) is 57.5 Å². The summed E-state index contributed by atoms with van der Waals surface area (Å²) in [6, 6.07) is 0. The van der Waals surface area contributed by atoms with Crippen LogP contribution in [0.25, 0.3) is 0 Å². The molecule has 70 heavy (non-hydrogen) atoms. The van der Waals surface area contributed by atoms with Gasteiger partial charge in [0.1, 0.15) is 26.4 Å². The van der Waals surface area contributed by atoms with Gasteiger partial charge in [-0.05, 0) is 52.4 Å². The molecule has 24 heteroatoms. The van der Waals surface area contributed by atoms with E-state index in [1.165, 1.54) is 13.8 Å². The van der Waals surface area contributed by atoms with Crippen molar-refractivity contribution in [3.63, 3.8) is 0 Å². The summed E-state index contributed by atoms with van der Waals surface area (Å²) in [5.74, 6) is -13.9. The summed E-state index contributed by atoms with van der Waals surface area (Å²) in [4.78, 5) is 146. The topological polar surface area (TPSA) is 316 Å². The van der Waals surface area contributed by atoms with Gasteiger partial charge in [-0.25, -0.2) is 28.8 Å². The van der Waals surface area contributed by atoms with Crippen molar-refractivity contribution in [1.82, 2.24) is 0 Å². The summed E-state index contributed by atoms with van der Waals surface area (Å²) in [5.41, 5.74) is 0.380. The Morgan fingerprint density at radius 3 is 1.01 bits per heavy atom. The van der Waals surface area contributed by atoms with Gasteiger partial charge in [-0.2, -0.15) is 0 Å². The number of rotatable bonds is 18. The molecule has 0 spiro atoms. The molecule has 6 aliphatic rings. The van der Waals surface area contributed by atoms with Crippen LogP contribution in [-0.2, 0) is 114 Å². The SMILES string of the molecule is C=C(C)C(=O)OCCOC(=O)C1CC(C(=O)OC2CCOC2=O)CCC1C(=O)OC1CCOC1=O.C=C(C)C(=O)OCCOC(=O)C1CCC(C(=O)OC2CCOC2=O)CC1C(=O)OC1CCOC1=O. The first-order valence-electron chi connectivity index (χ1n) is 22.8. The Balaban J connectivity index is 0.000000261. The Hall–Kier alpha value is -6.88. The van der Waals surface area contributed by atoms with Crippen molar-refractivity contribution in [1.29, 1.82) is 0 Å². The maximum Gasteiger partial charge on any atom is 0.347 e. The molecule has 0 radical (unpaired) electrons. The molecule has 6 rings (SSSR count). The van der Waals surface area contributed by atoms with Gasteiger partial charge in [-0.15, -0.1) is 0 Å². The highest BCUT2D eigenvalue weighted by atomic mass is 16.6. The van der Waals surface area contributed by atoms with E-state index in [1.54, 1.807) is 0 Å². The van der Waals surface area contributed by atoms with Crippen LogP contribution in [0.2, 0.25) is 0 Å². The maximum absolute atomic E-state index is 12.9. The lowest BCUT2D eigenvalue weighted by molar-refractivity contribution is -0.174. The van der Waals surface area contributed by atoms with Gasteiger partial charge in [0.25, 0.3) is 0 Å². The number of ether oxygens (including phenoxy) is 12. The average molecular weight is 993 g/mol. The Morgan fingerprint density at radius 2 is 0.686 bits per heavy atom. The minimum Gasteiger partial charge on any atom is -0.463 e. The third-order valence-electron chi connectivity index (χ3n) is 12.0. The smallest absolute Gasteiger partial charge is 0.347 e. The van der Waals surface area contributed by atoms with Gasteiger partial charge in [0.2, 0.25) is 24.4 Å². The van der Waals surface area contributed by atoms with Crippen molar-refractivity contribution < 1.29 is 114 Å². The van der Waals surface area contributed by atoms with Gasteiger partial charge in [0, 0.05) is 36.8 Å². The number of esters is 12. The second kappa shape index (κ2) is 25.6. The van der Waals surface area contributed by atoms with E-state index in [1.807, 2.05) is 0 Å². The quantitative estimate of drug-likeness (QED) is 0.0793. The standard InChI is InChI=1S/2C23H28O12/c1-12(2)18(24)32-9-10-33-20(26)15-11-13(19(25)34-16-5-7-30-22(16)28)3-4-14(15)21(27)35-17-6-8-31-23(17)29;1-12(2)18(24)32-9-10-33-20(26)14-4-3-13(19(25)34-16-5-7-30-22(16)28)11-15(14)21(27)35-17-6-8-31-23(17)29/h2*13-17H,1,3-11H2,2H3. The Kier molecular flexibility index (Phi) is 19.8. The zero-order chi connectivity index (χ0) is 51.1. The van der Waals surface area contributed by atoms with Crippen molar-refractivity contribution in [2.24, 2.45) is 35.5 Å². The van der Waals surface area contributed by atoms with E-state index < -0.39 is 132 Å². The van der Waals surface area contributed by atoms with Crippen molar-refractivity contribution in [2.45, 2.75) is 102 Å². The summed E-state index contributed by atoms with van der Waals surface area (Å²) < 4.78 is 60.3. The molecule has 24 nitrogen and oxygen atoms in total. The molecule has 0 aromatic rings. The lowest BCUT2D eigenvalue weighted by Crippen LogP contribution is -2.42. The first-order valence-corrected chi connectivity index (χ1v) is 22.8. The predicted molar refractivity (Wildman–Crippen MR) is 224 cm³/mol. The molecule has 4 heterocycles. The molecule has 0 amide bonds. The van der Waals surface area contributed by atoms with Crippen LogP contribution in [-0.4, -0.2) is 149 Å². The van der Waals surface area contributed by atoms with Crippen molar-refractivity contribution in [2.75, 3.05) is 52.9 Å². The predicted octanol–water partition coefficient (Wildman–Crippen LogP) is 0.798. The van der Waals surface area contributed by atoms with Crippen molar-refractivity contribution in [3.05, 3.63) is 24.3 Å². The monoisotopic (exact) mass is 992 g/mol. The zero-order valence-corrected chi connectivity index (χ0v) is 38.7. The molecule has 0 N–H and O–H groups in total. The molecule has 10 unspecified atom stereocenters. The third kappa shape index (κ3) is 15.1. The number of cyclic esters (lactones) is 4. The molecule has 10 atom stereocenters. The minimum absolute atomic E-state index is 0.0835. The summed E-state index contributed by atoms with van der Waals surface area (Å²) in [5, 5.41) is 0. The molecule has 0 bridgehead atoms. The van der Waals surface area contributed by atoms with Crippen LogP contribution >= 0.6 is 0 Å². The normalized spacial score (nSPS) is 27.9. The van der Waals surface area contributed by atoms with E-state index in [4.69, 9.17) is 56.8 Å². The van der Waals surface area contributed by atoms with Crippen LogP contribution in [0.4, 0.5) is 0 Å². The summed E-state index contributed by atoms with van der Waals surface area (Å²) in [6.45, 7) is 9.48. The average Bonchev–Trinajstić information content (AvgIpc) is 4.15. The number of carbonyl (C=O) groups is 12. The molecule has 6 fully saturated rings. The molecular formula is C46H56O24. The van der Waals surface area contributed by atoms with E-state index in [0.29, 0.717) is 0 Å². The highest BCUT2D eigenvalue weighted by molar-refractivity contribution is 5.89. The fraction of sp³-hybridized carbons (Fsp3) is 0.652. The van der Waals surface area contributed by atoms with E-state index in [2.05, 4.69) is 13.2 Å². The van der Waals surface area contributed by atoms with Crippen LogP contribution in [0.3, 0.4) is 0 Å². The van der Waals surface area contributed by atoms with Crippen LogP contribution in [0.1, 0.15) is 78.1 Å². The Labute approximate surface area is 400 Å². The minimum atomic E-state index is -1.09. The summed E-state index contributed by atoms with van der Waals surface area (Å²) in [6.07, 6.45) is -2.77. The highest BCUT2D eigenvalue weighted by Gasteiger charge is 2.48. The molecular weight excluding hydrogens is 936 g/mol. The molecule has 4 saturated heterocycles. The molecule has 384 valence electrons. The van der Waals surface area contributed by atoms with Gasteiger partial charge >= 0.3 is 71.6 Å². The molecule has 0 aromatic carbocycles. The van der Waals surface area contributed by atoms with Crippen molar-refractivity contribution >= 4 is 71.6 Å². The zero-order valence-electron chi connectivity index (χ0n) is 38.7. The van der Waals surface area contributed by atoms with Gasteiger partial charge < -0.3 is 56.8 Å². The lowest BCUT2D eigenvalue weighted by Gasteiger charge is -2.33. The largest absolute Gasteiger partial charge is 0.463 e. The lowest BCUT2D eigenvalue weighted by atomic mass is 9.74. The van der Waals surface area contributed by atoms with E-state index in [-0.39, 0.29) is 128 Å². The molecule has 4 aliphatic heterocycles. The first kappa shape index (κ1) is 54.1. The van der Waals surface area contributed by atoms with Gasteiger partial charge in [-0.1, -0.05) is 13.2 Å². The van der Waals surface area contributed by atoms with Gasteiger partial charge in [-0.3, -0.25) is 28.8 Å².